The molecule has 2 amide bonds. The number of carbonyl (C=O) groups is 3. The van der Waals surface area contributed by atoms with E-state index in [0.717, 1.165) is 16.3 Å². The second kappa shape index (κ2) is 9.56. The van der Waals surface area contributed by atoms with Gasteiger partial charge < -0.3 is 15.4 Å². The number of hydrogen-bond donors (Lipinski definition) is 2. The highest BCUT2D eigenvalue weighted by molar-refractivity contribution is 5.91. The molecule has 2 N–H and O–H groups in total. The standard InChI is InChI=1S/C20H24N2O4/c1-14(2)11-21-19(24)13-26-20(25)12-22-18(23)10-16-8-5-7-15-6-3-4-9-17(15)16/h3-9,14H,10-13H2,1-2H3,(H,21,24)(H,22,23). The number of fused-ring (bicyclic) bond motifs is 1. The van der Waals surface area contributed by atoms with Gasteiger partial charge in [0, 0.05) is 6.54 Å². The summed E-state index contributed by atoms with van der Waals surface area (Å²) in [6.07, 6.45) is 0.170. The van der Waals surface area contributed by atoms with Crippen molar-refractivity contribution in [3.05, 3.63) is 48.0 Å². The fraction of sp³-hybridized carbons (Fsp3) is 0.350. The smallest absolute Gasteiger partial charge is 0.325 e. The lowest BCUT2D eigenvalue weighted by atomic mass is 10.0. The van der Waals surface area contributed by atoms with Crippen LogP contribution in [0.1, 0.15) is 19.4 Å². The number of hydrogen-bond acceptors (Lipinski definition) is 4. The number of nitrogens with one attached hydrogen (secondary N) is 2. The second-order valence-corrected chi connectivity index (χ2v) is 6.45. The van der Waals surface area contributed by atoms with Crippen LogP contribution in [0.4, 0.5) is 0 Å². The minimum atomic E-state index is -0.643. The average Bonchev–Trinajstić information content (AvgIpc) is 2.63. The van der Waals surface area contributed by atoms with Crippen molar-refractivity contribution < 1.29 is 19.1 Å². The summed E-state index contributed by atoms with van der Waals surface area (Å²) in [5.74, 6) is -0.948. The van der Waals surface area contributed by atoms with Crippen LogP contribution in [0.5, 0.6) is 0 Å². The SMILES string of the molecule is CC(C)CNC(=O)COC(=O)CNC(=O)Cc1cccc2ccccc12. The Bertz CT molecular complexity index is 781. The summed E-state index contributed by atoms with van der Waals surface area (Å²) in [4.78, 5) is 35.2. The lowest BCUT2D eigenvalue weighted by molar-refractivity contribution is -0.148. The maximum absolute atomic E-state index is 12.1. The van der Waals surface area contributed by atoms with Crippen molar-refractivity contribution in [1.82, 2.24) is 10.6 Å². The van der Waals surface area contributed by atoms with Gasteiger partial charge in [-0.3, -0.25) is 14.4 Å². The molecule has 138 valence electrons. The highest BCUT2D eigenvalue weighted by atomic mass is 16.5. The molecule has 0 fully saturated rings. The third-order valence-corrected chi connectivity index (χ3v) is 3.73. The first-order chi connectivity index (χ1) is 12.5. The number of esters is 1. The van der Waals surface area contributed by atoms with Crippen LogP contribution in [0.2, 0.25) is 0 Å². The van der Waals surface area contributed by atoms with Gasteiger partial charge in [0.05, 0.1) is 6.42 Å². The molecule has 26 heavy (non-hydrogen) atoms. The highest BCUT2D eigenvalue weighted by Crippen LogP contribution is 2.18. The van der Waals surface area contributed by atoms with Crippen molar-refractivity contribution in [1.29, 1.82) is 0 Å². The minimum Gasteiger partial charge on any atom is -0.454 e. The number of rotatable bonds is 8. The summed E-state index contributed by atoms with van der Waals surface area (Å²) >= 11 is 0. The fourth-order valence-corrected chi connectivity index (χ4v) is 2.42. The van der Waals surface area contributed by atoms with E-state index < -0.39 is 5.97 Å². The Morgan fingerprint density at radius 1 is 0.962 bits per heavy atom. The maximum Gasteiger partial charge on any atom is 0.325 e. The number of carbonyl (C=O) groups excluding carboxylic acids is 3. The molecule has 6 nitrogen and oxygen atoms in total. The minimum absolute atomic E-state index is 0.170. The van der Waals surface area contributed by atoms with E-state index in [-0.39, 0.29) is 31.4 Å². The zero-order valence-electron chi connectivity index (χ0n) is 15.1. The summed E-state index contributed by atoms with van der Waals surface area (Å²) in [7, 11) is 0. The predicted molar refractivity (Wildman–Crippen MR) is 99.5 cm³/mol. The van der Waals surface area contributed by atoms with E-state index in [0.29, 0.717) is 12.5 Å². The molecule has 0 radical (unpaired) electrons. The Labute approximate surface area is 152 Å². The maximum atomic E-state index is 12.1. The van der Waals surface area contributed by atoms with Gasteiger partial charge in [0.2, 0.25) is 5.91 Å². The summed E-state index contributed by atoms with van der Waals surface area (Å²) in [5, 5.41) is 7.24. The summed E-state index contributed by atoms with van der Waals surface area (Å²) in [6.45, 7) is 3.86. The van der Waals surface area contributed by atoms with Crippen LogP contribution in [0.3, 0.4) is 0 Å². The predicted octanol–water partition coefficient (Wildman–Crippen LogP) is 1.81. The van der Waals surface area contributed by atoms with Gasteiger partial charge in [0.1, 0.15) is 6.54 Å². The molecule has 0 aliphatic carbocycles. The lowest BCUT2D eigenvalue weighted by Gasteiger charge is -2.09. The largest absolute Gasteiger partial charge is 0.454 e. The zero-order valence-corrected chi connectivity index (χ0v) is 15.1. The molecule has 0 unspecified atom stereocenters. The van der Waals surface area contributed by atoms with Crippen LogP contribution in [0.25, 0.3) is 10.8 Å². The van der Waals surface area contributed by atoms with Gasteiger partial charge in [-0.15, -0.1) is 0 Å². The molecule has 6 heteroatoms. The monoisotopic (exact) mass is 356 g/mol. The van der Waals surface area contributed by atoms with E-state index in [2.05, 4.69) is 10.6 Å². The Balaban J connectivity index is 1.76. The van der Waals surface area contributed by atoms with E-state index >= 15 is 0 Å². The van der Waals surface area contributed by atoms with Gasteiger partial charge in [-0.05, 0) is 22.3 Å². The molecule has 2 rings (SSSR count). The Kier molecular flexibility index (Phi) is 7.14. The summed E-state index contributed by atoms with van der Waals surface area (Å²) in [5.41, 5.74) is 0.891. The van der Waals surface area contributed by atoms with E-state index in [4.69, 9.17) is 4.74 Å². The summed E-state index contributed by atoms with van der Waals surface area (Å²) in [6, 6.07) is 13.6. The van der Waals surface area contributed by atoms with Crippen molar-refractivity contribution in [3.8, 4) is 0 Å². The first-order valence-corrected chi connectivity index (χ1v) is 8.61. The van der Waals surface area contributed by atoms with E-state index in [1.165, 1.54) is 0 Å². The van der Waals surface area contributed by atoms with Crippen molar-refractivity contribution in [2.45, 2.75) is 20.3 Å². The summed E-state index contributed by atoms with van der Waals surface area (Å²) < 4.78 is 4.84. The third-order valence-electron chi connectivity index (χ3n) is 3.73. The van der Waals surface area contributed by atoms with Crippen molar-refractivity contribution in [2.24, 2.45) is 5.92 Å². The van der Waals surface area contributed by atoms with Gasteiger partial charge in [-0.25, -0.2) is 0 Å². The normalized spacial score (nSPS) is 10.6. The first kappa shape index (κ1) is 19.4. The average molecular weight is 356 g/mol. The fourth-order valence-electron chi connectivity index (χ4n) is 2.42. The molecule has 0 spiro atoms. The number of ether oxygens (including phenoxy) is 1. The molecule has 0 aliphatic heterocycles. The molecular formula is C20H24N2O4. The van der Waals surface area contributed by atoms with Gasteiger partial charge in [-0.1, -0.05) is 56.3 Å². The Morgan fingerprint density at radius 3 is 2.46 bits per heavy atom. The molecule has 0 saturated carbocycles. The molecule has 2 aromatic carbocycles. The molecule has 0 aliphatic rings. The lowest BCUT2D eigenvalue weighted by Crippen LogP contribution is -2.35. The van der Waals surface area contributed by atoms with E-state index in [1.54, 1.807) is 0 Å². The van der Waals surface area contributed by atoms with Gasteiger partial charge in [-0.2, -0.15) is 0 Å². The van der Waals surface area contributed by atoms with Crippen molar-refractivity contribution in [2.75, 3.05) is 19.7 Å². The Hall–Kier alpha value is -2.89. The topological polar surface area (TPSA) is 84.5 Å². The molecule has 0 saturated heterocycles. The quantitative estimate of drug-likeness (QED) is 0.707. The molecule has 0 aromatic heterocycles. The van der Waals surface area contributed by atoms with Gasteiger partial charge >= 0.3 is 5.97 Å². The molecular weight excluding hydrogens is 332 g/mol. The first-order valence-electron chi connectivity index (χ1n) is 8.61. The highest BCUT2D eigenvalue weighted by Gasteiger charge is 2.11. The van der Waals surface area contributed by atoms with Crippen LogP contribution in [0.15, 0.2) is 42.5 Å². The molecule has 0 atom stereocenters. The van der Waals surface area contributed by atoms with Crippen LogP contribution >= 0.6 is 0 Å². The molecule has 2 aromatic rings. The third kappa shape index (κ3) is 6.20. The van der Waals surface area contributed by atoms with Crippen LogP contribution in [-0.2, 0) is 25.5 Å². The zero-order chi connectivity index (χ0) is 18.9. The Morgan fingerprint density at radius 2 is 1.69 bits per heavy atom. The number of benzene rings is 2. The van der Waals surface area contributed by atoms with Crippen molar-refractivity contribution >= 4 is 28.6 Å². The van der Waals surface area contributed by atoms with Crippen molar-refractivity contribution in [3.63, 3.8) is 0 Å². The van der Waals surface area contributed by atoms with Crippen LogP contribution in [-0.4, -0.2) is 37.5 Å². The molecule has 0 heterocycles. The second-order valence-electron chi connectivity index (χ2n) is 6.45. The van der Waals surface area contributed by atoms with Gasteiger partial charge in [0.15, 0.2) is 6.61 Å². The molecule has 0 bridgehead atoms. The van der Waals surface area contributed by atoms with E-state index in [1.807, 2.05) is 56.3 Å². The van der Waals surface area contributed by atoms with Crippen LogP contribution in [0, 0.1) is 5.92 Å². The van der Waals surface area contributed by atoms with Gasteiger partial charge in [0.25, 0.3) is 5.91 Å². The number of amides is 2. The van der Waals surface area contributed by atoms with Crippen LogP contribution < -0.4 is 10.6 Å². The van der Waals surface area contributed by atoms with E-state index in [9.17, 15) is 14.4 Å².